The molecule has 4 rings (SSSR count). The predicted octanol–water partition coefficient (Wildman–Crippen LogP) is 1.86. The number of nitrogens with one attached hydrogen (secondary N) is 1. The molecule has 152 valence electrons. The van der Waals surface area contributed by atoms with E-state index in [0.29, 0.717) is 31.1 Å². The van der Waals surface area contributed by atoms with Crippen molar-refractivity contribution in [3.8, 4) is 10.6 Å². The second-order valence-corrected chi connectivity index (χ2v) is 10.2. The van der Waals surface area contributed by atoms with Crippen LogP contribution in [0, 0.1) is 0 Å². The number of nitrogens with zero attached hydrogens (tertiary/aromatic N) is 4. The molecular formula is C17H17N5O4S3. The monoisotopic (exact) mass is 451 g/mol. The molecule has 1 fully saturated rings. The van der Waals surface area contributed by atoms with E-state index in [1.54, 1.807) is 29.3 Å². The van der Waals surface area contributed by atoms with Gasteiger partial charge in [-0.1, -0.05) is 17.4 Å². The minimum Gasteiger partial charge on any atom is -0.370 e. The Labute approximate surface area is 175 Å². The van der Waals surface area contributed by atoms with Gasteiger partial charge < -0.3 is 9.64 Å². The topological polar surface area (TPSA) is 114 Å². The number of amides is 1. The minimum absolute atomic E-state index is 0.0527. The van der Waals surface area contributed by atoms with Crippen LogP contribution in [0.1, 0.15) is 5.01 Å². The fraction of sp³-hybridized carbons (Fsp3) is 0.294. The average Bonchev–Trinajstić information content (AvgIpc) is 3.38. The Morgan fingerprint density at radius 1 is 1.17 bits per heavy atom. The Kier molecular flexibility index (Phi) is 5.85. The molecular weight excluding hydrogens is 434 g/mol. The van der Waals surface area contributed by atoms with Crippen molar-refractivity contribution < 1.29 is 17.9 Å². The third-order valence-corrected chi connectivity index (χ3v) is 8.10. The third kappa shape index (κ3) is 4.78. The van der Waals surface area contributed by atoms with Crippen LogP contribution in [0.25, 0.3) is 10.6 Å². The summed E-state index contributed by atoms with van der Waals surface area (Å²) >= 11 is 2.29. The lowest BCUT2D eigenvalue weighted by Crippen LogP contribution is -2.42. The van der Waals surface area contributed by atoms with Crippen LogP contribution in [0.2, 0.25) is 0 Å². The Morgan fingerprint density at radius 3 is 2.86 bits per heavy atom. The van der Waals surface area contributed by atoms with Gasteiger partial charge in [0.1, 0.15) is 15.8 Å². The standard InChI is InChI=1S/C17H17N5O4S3/c23-15-11-26-10-9-22(15)8-6-14-19-20-17(28-14)21-29(24,25)16-5-4-13(27-16)12-3-1-2-7-18-12/h1-5,7H,6,8-11H2,(H,20,21). The number of sulfonamides is 1. The molecule has 0 aliphatic carbocycles. The summed E-state index contributed by atoms with van der Waals surface area (Å²) in [4.78, 5) is 18.4. The van der Waals surface area contributed by atoms with Crippen LogP contribution in [-0.2, 0) is 26.0 Å². The molecule has 29 heavy (non-hydrogen) atoms. The van der Waals surface area contributed by atoms with E-state index in [9.17, 15) is 13.2 Å². The normalized spacial score (nSPS) is 14.9. The van der Waals surface area contributed by atoms with Crippen molar-refractivity contribution in [3.05, 3.63) is 41.5 Å². The van der Waals surface area contributed by atoms with E-state index in [0.717, 1.165) is 33.2 Å². The highest BCUT2D eigenvalue weighted by atomic mass is 32.2. The van der Waals surface area contributed by atoms with E-state index >= 15 is 0 Å². The zero-order chi connectivity index (χ0) is 20.3. The molecule has 0 saturated carbocycles. The first-order valence-corrected chi connectivity index (χ1v) is 11.8. The van der Waals surface area contributed by atoms with Crippen LogP contribution in [-0.4, -0.2) is 60.7 Å². The van der Waals surface area contributed by atoms with E-state index in [1.165, 1.54) is 0 Å². The number of rotatable bonds is 7. The van der Waals surface area contributed by atoms with E-state index in [-0.39, 0.29) is 21.9 Å². The third-order valence-electron chi connectivity index (χ3n) is 4.13. The van der Waals surface area contributed by atoms with Gasteiger partial charge in [-0.2, -0.15) is 0 Å². The molecule has 1 aliphatic rings. The van der Waals surface area contributed by atoms with E-state index in [1.807, 2.05) is 12.1 Å². The first-order valence-electron chi connectivity index (χ1n) is 8.73. The van der Waals surface area contributed by atoms with Crippen LogP contribution in [0.5, 0.6) is 0 Å². The number of carbonyl (C=O) groups excluding carboxylic acids is 1. The molecule has 1 N–H and O–H groups in total. The van der Waals surface area contributed by atoms with Gasteiger partial charge in [0, 0.05) is 25.7 Å². The maximum absolute atomic E-state index is 12.7. The molecule has 3 aromatic rings. The number of pyridine rings is 1. The summed E-state index contributed by atoms with van der Waals surface area (Å²) in [5.74, 6) is -0.0527. The van der Waals surface area contributed by atoms with Gasteiger partial charge in [-0.25, -0.2) is 8.42 Å². The van der Waals surface area contributed by atoms with Crippen molar-refractivity contribution in [3.63, 3.8) is 0 Å². The zero-order valence-corrected chi connectivity index (χ0v) is 17.6. The molecule has 0 spiro atoms. The van der Waals surface area contributed by atoms with Gasteiger partial charge >= 0.3 is 0 Å². The Bertz CT molecular complexity index is 1100. The number of thiophene rings is 1. The molecule has 9 nitrogen and oxygen atoms in total. The van der Waals surface area contributed by atoms with Crippen molar-refractivity contribution in [1.82, 2.24) is 20.1 Å². The molecule has 0 unspecified atom stereocenters. The van der Waals surface area contributed by atoms with Crippen LogP contribution >= 0.6 is 22.7 Å². The Hall–Kier alpha value is -2.41. The second-order valence-electron chi connectivity index (χ2n) is 6.12. The number of hydrogen-bond donors (Lipinski definition) is 1. The molecule has 0 bridgehead atoms. The second kappa shape index (κ2) is 8.53. The van der Waals surface area contributed by atoms with Crippen molar-refractivity contribution in [2.24, 2.45) is 0 Å². The maximum atomic E-state index is 12.7. The SMILES string of the molecule is O=C1COCCN1CCc1nnc(NS(=O)(=O)c2ccc(-c3ccccn3)s2)s1. The highest BCUT2D eigenvalue weighted by molar-refractivity contribution is 7.95. The van der Waals surface area contributed by atoms with Gasteiger partial charge in [-0.15, -0.1) is 21.5 Å². The van der Waals surface area contributed by atoms with Gasteiger partial charge in [-0.05, 0) is 24.3 Å². The van der Waals surface area contributed by atoms with Crippen LogP contribution in [0.3, 0.4) is 0 Å². The Balaban J connectivity index is 1.40. The maximum Gasteiger partial charge on any atom is 0.273 e. The molecule has 1 aliphatic heterocycles. The Morgan fingerprint density at radius 2 is 2.07 bits per heavy atom. The highest BCUT2D eigenvalue weighted by Gasteiger charge is 2.21. The lowest BCUT2D eigenvalue weighted by atomic mass is 10.3. The predicted molar refractivity (Wildman–Crippen MR) is 109 cm³/mol. The van der Waals surface area contributed by atoms with E-state index in [4.69, 9.17) is 4.74 Å². The molecule has 3 aromatic heterocycles. The molecule has 12 heteroatoms. The number of carbonyl (C=O) groups is 1. The van der Waals surface area contributed by atoms with Gasteiger partial charge in [0.15, 0.2) is 0 Å². The van der Waals surface area contributed by atoms with Crippen molar-refractivity contribution in [2.45, 2.75) is 10.6 Å². The number of ether oxygens (including phenoxy) is 1. The fourth-order valence-electron chi connectivity index (χ4n) is 2.69. The molecule has 0 radical (unpaired) electrons. The summed E-state index contributed by atoms with van der Waals surface area (Å²) in [5, 5.41) is 8.79. The number of anilines is 1. The van der Waals surface area contributed by atoms with Gasteiger partial charge in [0.2, 0.25) is 11.0 Å². The van der Waals surface area contributed by atoms with E-state index < -0.39 is 10.0 Å². The van der Waals surface area contributed by atoms with E-state index in [2.05, 4.69) is 19.9 Å². The summed E-state index contributed by atoms with van der Waals surface area (Å²) in [6.45, 7) is 1.67. The van der Waals surface area contributed by atoms with Crippen LogP contribution in [0.15, 0.2) is 40.7 Å². The molecule has 0 atom stereocenters. The zero-order valence-electron chi connectivity index (χ0n) is 15.1. The summed E-state index contributed by atoms with van der Waals surface area (Å²) in [6.07, 6.45) is 2.17. The molecule has 4 heterocycles. The van der Waals surface area contributed by atoms with Gasteiger partial charge in [0.25, 0.3) is 10.0 Å². The number of morpholine rings is 1. The van der Waals surface area contributed by atoms with Gasteiger partial charge in [0.05, 0.1) is 17.2 Å². The summed E-state index contributed by atoms with van der Waals surface area (Å²) in [6, 6.07) is 8.75. The minimum atomic E-state index is -3.76. The smallest absolute Gasteiger partial charge is 0.273 e. The quantitative estimate of drug-likeness (QED) is 0.583. The number of aromatic nitrogens is 3. The first kappa shape index (κ1) is 19.9. The lowest BCUT2D eigenvalue weighted by Gasteiger charge is -2.26. The molecule has 0 aromatic carbocycles. The summed E-state index contributed by atoms with van der Waals surface area (Å²) in [7, 11) is -3.76. The van der Waals surface area contributed by atoms with Gasteiger partial charge in [-0.3, -0.25) is 14.5 Å². The average molecular weight is 452 g/mol. The lowest BCUT2D eigenvalue weighted by molar-refractivity contribution is -0.142. The summed E-state index contributed by atoms with van der Waals surface area (Å²) < 4.78 is 33.1. The molecule has 1 saturated heterocycles. The molecule has 1 amide bonds. The number of hydrogen-bond acceptors (Lipinski definition) is 9. The fourth-order valence-corrected chi connectivity index (χ4v) is 5.93. The largest absolute Gasteiger partial charge is 0.370 e. The first-order chi connectivity index (χ1) is 14.0. The van der Waals surface area contributed by atoms with Crippen molar-refractivity contribution in [1.29, 1.82) is 0 Å². The highest BCUT2D eigenvalue weighted by Crippen LogP contribution is 2.31. The van der Waals surface area contributed by atoms with Crippen LogP contribution in [0.4, 0.5) is 5.13 Å². The van der Waals surface area contributed by atoms with Crippen LogP contribution < -0.4 is 4.72 Å². The van der Waals surface area contributed by atoms with Crippen molar-refractivity contribution >= 4 is 43.7 Å². The summed E-state index contributed by atoms with van der Waals surface area (Å²) in [5.41, 5.74) is 0.717. The van der Waals surface area contributed by atoms with Crippen molar-refractivity contribution in [2.75, 3.05) is 31.0 Å².